The van der Waals surface area contributed by atoms with E-state index in [4.69, 9.17) is 5.73 Å². The van der Waals surface area contributed by atoms with Crippen LogP contribution in [0.2, 0.25) is 0 Å². The molecule has 0 fully saturated rings. The molecule has 0 aliphatic rings. The summed E-state index contributed by atoms with van der Waals surface area (Å²) in [5.41, 5.74) is 12.5. The van der Waals surface area contributed by atoms with Crippen molar-refractivity contribution in [2.24, 2.45) is 0 Å². The van der Waals surface area contributed by atoms with Gasteiger partial charge in [0.25, 0.3) is 0 Å². The molecule has 0 aliphatic heterocycles. The van der Waals surface area contributed by atoms with E-state index in [1.165, 1.54) is 11.1 Å². The van der Waals surface area contributed by atoms with Crippen molar-refractivity contribution >= 4 is 17.1 Å². The zero-order valence-electron chi connectivity index (χ0n) is 10.5. The average molecular weight is 226 g/mol. The summed E-state index contributed by atoms with van der Waals surface area (Å²) in [7, 11) is 0. The summed E-state index contributed by atoms with van der Waals surface area (Å²) in [5, 5.41) is 3.39. The van der Waals surface area contributed by atoms with Gasteiger partial charge in [0.15, 0.2) is 0 Å². The molecule has 2 nitrogen and oxygen atoms in total. The monoisotopic (exact) mass is 226 g/mol. The summed E-state index contributed by atoms with van der Waals surface area (Å²) in [6.07, 6.45) is 0. The van der Waals surface area contributed by atoms with E-state index < -0.39 is 0 Å². The predicted octanol–water partition coefficient (Wildman–Crippen LogP) is 3.94. The first-order valence-electron chi connectivity index (χ1n) is 5.76. The smallest absolute Gasteiger partial charge is 0.0414 e. The molecule has 0 spiro atoms. The standard InChI is InChI=1S/C15H18N2/c1-10-4-7-15(12(3)8-10)17-13-6-5-11(2)14(16)9-13/h4-9,17H,16H2,1-3H3. The molecule has 0 heterocycles. The largest absolute Gasteiger partial charge is 0.398 e. The third-order valence-electron chi connectivity index (χ3n) is 2.94. The van der Waals surface area contributed by atoms with Gasteiger partial charge in [-0.3, -0.25) is 0 Å². The molecule has 2 aromatic carbocycles. The number of nitrogens with two attached hydrogens (primary N) is 1. The van der Waals surface area contributed by atoms with Gasteiger partial charge in [-0.15, -0.1) is 0 Å². The highest BCUT2D eigenvalue weighted by Crippen LogP contribution is 2.24. The Hall–Kier alpha value is -1.96. The summed E-state index contributed by atoms with van der Waals surface area (Å²) in [6, 6.07) is 12.4. The second-order valence-corrected chi connectivity index (χ2v) is 4.51. The van der Waals surface area contributed by atoms with Crippen LogP contribution in [0, 0.1) is 20.8 Å². The molecule has 88 valence electrons. The SMILES string of the molecule is Cc1ccc(Nc2ccc(C)c(N)c2)c(C)c1. The summed E-state index contributed by atoms with van der Waals surface area (Å²) < 4.78 is 0. The van der Waals surface area contributed by atoms with E-state index in [9.17, 15) is 0 Å². The molecule has 2 aromatic rings. The topological polar surface area (TPSA) is 38.0 Å². The van der Waals surface area contributed by atoms with Gasteiger partial charge in [-0.25, -0.2) is 0 Å². The van der Waals surface area contributed by atoms with Crippen molar-refractivity contribution in [2.75, 3.05) is 11.1 Å². The summed E-state index contributed by atoms with van der Waals surface area (Å²) in [4.78, 5) is 0. The van der Waals surface area contributed by atoms with Gasteiger partial charge in [-0.05, 0) is 50.1 Å². The molecule has 0 aromatic heterocycles. The summed E-state index contributed by atoms with van der Waals surface area (Å²) >= 11 is 0. The lowest BCUT2D eigenvalue weighted by molar-refractivity contribution is 1.36. The first kappa shape index (κ1) is 11.5. The van der Waals surface area contributed by atoms with Crippen LogP contribution in [0.1, 0.15) is 16.7 Å². The van der Waals surface area contributed by atoms with Crippen LogP contribution in [0.25, 0.3) is 0 Å². The molecule has 0 aliphatic carbocycles. The fraction of sp³-hybridized carbons (Fsp3) is 0.200. The fourth-order valence-corrected chi connectivity index (χ4v) is 1.83. The molecule has 0 amide bonds. The van der Waals surface area contributed by atoms with Crippen LogP contribution in [-0.4, -0.2) is 0 Å². The van der Waals surface area contributed by atoms with Gasteiger partial charge in [-0.2, -0.15) is 0 Å². The van der Waals surface area contributed by atoms with Crippen LogP contribution in [0.5, 0.6) is 0 Å². The van der Waals surface area contributed by atoms with E-state index in [1.807, 2.05) is 25.1 Å². The number of rotatable bonds is 2. The molecule has 17 heavy (non-hydrogen) atoms. The fourth-order valence-electron chi connectivity index (χ4n) is 1.83. The Bertz CT molecular complexity index is 545. The minimum absolute atomic E-state index is 0.819. The maximum atomic E-state index is 5.90. The van der Waals surface area contributed by atoms with Crippen LogP contribution < -0.4 is 11.1 Å². The van der Waals surface area contributed by atoms with Gasteiger partial charge in [0.2, 0.25) is 0 Å². The first-order chi connectivity index (χ1) is 8.06. The molecule has 2 heteroatoms. The van der Waals surface area contributed by atoms with E-state index >= 15 is 0 Å². The predicted molar refractivity (Wildman–Crippen MR) is 74.8 cm³/mol. The van der Waals surface area contributed by atoms with E-state index in [0.717, 1.165) is 22.6 Å². The molecule has 0 atom stereocenters. The highest BCUT2D eigenvalue weighted by Gasteiger charge is 2.00. The van der Waals surface area contributed by atoms with Crippen LogP contribution >= 0.6 is 0 Å². The molecular weight excluding hydrogens is 208 g/mol. The minimum atomic E-state index is 0.819. The molecule has 3 N–H and O–H groups in total. The Kier molecular flexibility index (Phi) is 3.05. The van der Waals surface area contributed by atoms with Gasteiger partial charge in [0.1, 0.15) is 0 Å². The van der Waals surface area contributed by atoms with E-state index in [2.05, 4.69) is 37.4 Å². The van der Waals surface area contributed by atoms with Crippen molar-refractivity contribution in [1.29, 1.82) is 0 Å². The Balaban J connectivity index is 2.28. The normalized spacial score (nSPS) is 10.3. The van der Waals surface area contributed by atoms with Crippen molar-refractivity contribution in [2.45, 2.75) is 20.8 Å². The highest BCUT2D eigenvalue weighted by molar-refractivity contribution is 5.67. The first-order valence-corrected chi connectivity index (χ1v) is 5.76. The van der Waals surface area contributed by atoms with Crippen molar-refractivity contribution in [3.63, 3.8) is 0 Å². The lowest BCUT2D eigenvalue weighted by Crippen LogP contribution is -1.96. The summed E-state index contributed by atoms with van der Waals surface area (Å²) in [5.74, 6) is 0. The van der Waals surface area contributed by atoms with Crippen LogP contribution in [0.3, 0.4) is 0 Å². The zero-order chi connectivity index (χ0) is 12.4. The van der Waals surface area contributed by atoms with E-state index in [1.54, 1.807) is 0 Å². The molecule has 0 bridgehead atoms. The van der Waals surface area contributed by atoms with Crippen LogP contribution in [-0.2, 0) is 0 Å². The number of nitrogen functional groups attached to an aromatic ring is 1. The number of benzene rings is 2. The van der Waals surface area contributed by atoms with Crippen molar-refractivity contribution < 1.29 is 0 Å². The number of anilines is 3. The van der Waals surface area contributed by atoms with Crippen molar-refractivity contribution in [1.82, 2.24) is 0 Å². The maximum Gasteiger partial charge on any atom is 0.0414 e. The van der Waals surface area contributed by atoms with Crippen LogP contribution in [0.15, 0.2) is 36.4 Å². The third kappa shape index (κ3) is 2.59. The second-order valence-electron chi connectivity index (χ2n) is 4.51. The Morgan fingerprint density at radius 3 is 2.29 bits per heavy atom. The Labute approximate surface area is 102 Å². The Morgan fingerprint density at radius 1 is 0.882 bits per heavy atom. The molecule has 2 rings (SSSR count). The second kappa shape index (κ2) is 4.50. The molecule has 0 saturated heterocycles. The lowest BCUT2D eigenvalue weighted by atomic mass is 10.1. The third-order valence-corrected chi connectivity index (χ3v) is 2.94. The minimum Gasteiger partial charge on any atom is -0.398 e. The quantitative estimate of drug-likeness (QED) is 0.761. The van der Waals surface area contributed by atoms with Gasteiger partial charge >= 0.3 is 0 Å². The summed E-state index contributed by atoms with van der Waals surface area (Å²) in [6.45, 7) is 6.21. The maximum absolute atomic E-state index is 5.90. The highest BCUT2D eigenvalue weighted by atomic mass is 14.9. The van der Waals surface area contributed by atoms with Gasteiger partial charge < -0.3 is 11.1 Å². The van der Waals surface area contributed by atoms with Crippen molar-refractivity contribution in [3.8, 4) is 0 Å². The van der Waals surface area contributed by atoms with Crippen molar-refractivity contribution in [3.05, 3.63) is 53.1 Å². The van der Waals surface area contributed by atoms with Gasteiger partial charge in [0, 0.05) is 17.1 Å². The Morgan fingerprint density at radius 2 is 1.65 bits per heavy atom. The number of aryl methyl sites for hydroxylation is 3. The number of hydrogen-bond acceptors (Lipinski definition) is 2. The number of nitrogens with one attached hydrogen (secondary N) is 1. The van der Waals surface area contributed by atoms with Gasteiger partial charge in [0.05, 0.1) is 0 Å². The van der Waals surface area contributed by atoms with E-state index in [0.29, 0.717) is 0 Å². The molecule has 0 unspecified atom stereocenters. The van der Waals surface area contributed by atoms with Gasteiger partial charge in [-0.1, -0.05) is 23.8 Å². The zero-order valence-corrected chi connectivity index (χ0v) is 10.5. The van der Waals surface area contributed by atoms with E-state index in [-0.39, 0.29) is 0 Å². The molecule has 0 saturated carbocycles. The number of hydrogen-bond donors (Lipinski definition) is 2. The molecular formula is C15H18N2. The lowest BCUT2D eigenvalue weighted by Gasteiger charge is -2.11. The molecule has 0 radical (unpaired) electrons. The van der Waals surface area contributed by atoms with Crippen LogP contribution in [0.4, 0.5) is 17.1 Å². The average Bonchev–Trinajstić information content (AvgIpc) is 2.27.